The van der Waals surface area contributed by atoms with Crippen molar-refractivity contribution in [1.82, 2.24) is 19.8 Å². The van der Waals surface area contributed by atoms with Gasteiger partial charge in [-0.3, -0.25) is 9.59 Å². The number of nitrogens with one attached hydrogen (secondary N) is 1. The summed E-state index contributed by atoms with van der Waals surface area (Å²) in [7, 11) is 3.96. The van der Waals surface area contributed by atoms with Crippen molar-refractivity contribution in [3.8, 4) is 0 Å². The number of rotatable bonds is 3. The van der Waals surface area contributed by atoms with Crippen molar-refractivity contribution >= 4 is 23.3 Å². The van der Waals surface area contributed by atoms with Gasteiger partial charge in [0, 0.05) is 63.9 Å². The molecule has 0 radical (unpaired) electrons. The third kappa shape index (κ3) is 3.92. The Balaban J connectivity index is 1.43. The standard InChI is InChI=1S/C25H32N6O2/c1-16(32)30-13-10-20-19(15-30)23(26-2)28-24(27-20)22-7-5-12-31(22)25(33)18-8-9-21-17(14-18)6-4-11-29(21)3/h8-9,14,22H,4-7,10-13,15H2,1-3H3,(H,26,27,28)/t22-/m0/s1. The van der Waals surface area contributed by atoms with E-state index in [0.717, 1.165) is 54.9 Å². The first-order valence-corrected chi connectivity index (χ1v) is 11.9. The molecular formula is C25H32N6O2. The van der Waals surface area contributed by atoms with E-state index >= 15 is 0 Å². The molecule has 33 heavy (non-hydrogen) atoms. The number of carbonyl (C=O) groups is 2. The molecule has 3 aliphatic heterocycles. The van der Waals surface area contributed by atoms with E-state index in [1.807, 2.05) is 22.9 Å². The van der Waals surface area contributed by atoms with Crippen LogP contribution in [-0.2, 0) is 24.2 Å². The first-order chi connectivity index (χ1) is 16.0. The maximum atomic E-state index is 13.6. The van der Waals surface area contributed by atoms with Crippen molar-refractivity contribution in [1.29, 1.82) is 0 Å². The number of carbonyl (C=O) groups excluding carboxylic acids is 2. The van der Waals surface area contributed by atoms with Crippen molar-refractivity contribution in [2.75, 3.05) is 43.9 Å². The van der Waals surface area contributed by atoms with Crippen LogP contribution in [0.1, 0.15) is 65.2 Å². The summed E-state index contributed by atoms with van der Waals surface area (Å²) in [5, 5.41) is 3.20. The predicted molar refractivity (Wildman–Crippen MR) is 127 cm³/mol. The van der Waals surface area contributed by atoms with Crippen LogP contribution >= 0.6 is 0 Å². The average molecular weight is 449 g/mol. The molecule has 8 heteroatoms. The van der Waals surface area contributed by atoms with Gasteiger partial charge in [-0.15, -0.1) is 0 Å². The smallest absolute Gasteiger partial charge is 0.254 e. The zero-order valence-electron chi connectivity index (χ0n) is 19.7. The van der Waals surface area contributed by atoms with Crippen molar-refractivity contribution in [3.63, 3.8) is 0 Å². The minimum atomic E-state index is -0.126. The SMILES string of the molecule is CNc1nc([C@@H]2CCCN2C(=O)c2ccc3c(c2)CCCN3C)nc2c1CN(C(C)=O)CC2. The van der Waals surface area contributed by atoms with Gasteiger partial charge >= 0.3 is 0 Å². The van der Waals surface area contributed by atoms with Crippen LogP contribution in [-0.4, -0.2) is 65.3 Å². The molecule has 0 spiro atoms. The highest BCUT2D eigenvalue weighted by molar-refractivity contribution is 5.95. The van der Waals surface area contributed by atoms with Crippen LogP contribution in [0.3, 0.4) is 0 Å². The van der Waals surface area contributed by atoms with Crippen LogP contribution < -0.4 is 10.2 Å². The van der Waals surface area contributed by atoms with Gasteiger partial charge in [0.15, 0.2) is 5.82 Å². The summed E-state index contributed by atoms with van der Waals surface area (Å²) >= 11 is 0. The maximum Gasteiger partial charge on any atom is 0.254 e. The maximum absolute atomic E-state index is 13.6. The molecule has 1 saturated heterocycles. The Labute approximate surface area is 195 Å². The Hall–Kier alpha value is -3.16. The summed E-state index contributed by atoms with van der Waals surface area (Å²) in [6.45, 7) is 4.56. The average Bonchev–Trinajstić information content (AvgIpc) is 3.32. The zero-order chi connectivity index (χ0) is 23.1. The van der Waals surface area contributed by atoms with E-state index in [4.69, 9.17) is 9.97 Å². The number of hydrogen-bond donors (Lipinski definition) is 1. The third-order valence-electron chi connectivity index (χ3n) is 7.25. The minimum Gasteiger partial charge on any atom is -0.374 e. The van der Waals surface area contributed by atoms with Gasteiger partial charge in [-0.05, 0) is 49.4 Å². The van der Waals surface area contributed by atoms with Crippen LogP contribution in [0.5, 0.6) is 0 Å². The predicted octanol–water partition coefficient (Wildman–Crippen LogP) is 2.78. The fourth-order valence-corrected chi connectivity index (χ4v) is 5.42. The summed E-state index contributed by atoms with van der Waals surface area (Å²) in [6, 6.07) is 5.99. The lowest BCUT2D eigenvalue weighted by atomic mass is 9.99. The molecule has 0 bridgehead atoms. The Morgan fingerprint density at radius 1 is 1.09 bits per heavy atom. The number of amides is 2. The summed E-state index contributed by atoms with van der Waals surface area (Å²) in [6.07, 6.45) is 4.64. The fraction of sp³-hybridized carbons (Fsp3) is 0.520. The molecular weight excluding hydrogens is 416 g/mol. The van der Waals surface area contributed by atoms with Gasteiger partial charge in [0.25, 0.3) is 5.91 Å². The Bertz CT molecular complexity index is 1080. The van der Waals surface area contributed by atoms with Crippen LogP contribution in [0.4, 0.5) is 11.5 Å². The van der Waals surface area contributed by atoms with E-state index in [1.165, 1.54) is 11.3 Å². The van der Waals surface area contributed by atoms with Crippen molar-refractivity contribution in [2.45, 2.75) is 51.6 Å². The number of benzene rings is 1. The largest absolute Gasteiger partial charge is 0.374 e. The first-order valence-electron chi connectivity index (χ1n) is 11.9. The van der Waals surface area contributed by atoms with E-state index in [1.54, 1.807) is 6.92 Å². The van der Waals surface area contributed by atoms with Gasteiger partial charge in [0.2, 0.25) is 5.91 Å². The van der Waals surface area contributed by atoms with E-state index in [2.05, 4.69) is 29.4 Å². The Kier molecular flexibility index (Phi) is 5.68. The van der Waals surface area contributed by atoms with Crippen LogP contribution in [0.2, 0.25) is 0 Å². The quantitative estimate of drug-likeness (QED) is 0.778. The fourth-order valence-electron chi connectivity index (χ4n) is 5.42. The molecule has 4 heterocycles. The lowest BCUT2D eigenvalue weighted by Gasteiger charge is -2.31. The number of hydrogen-bond acceptors (Lipinski definition) is 6. The molecule has 1 atom stereocenters. The summed E-state index contributed by atoms with van der Waals surface area (Å²) < 4.78 is 0. The van der Waals surface area contributed by atoms with Gasteiger partial charge in [0.05, 0.1) is 18.3 Å². The van der Waals surface area contributed by atoms with Gasteiger partial charge in [-0.1, -0.05) is 0 Å². The number of anilines is 2. The summed E-state index contributed by atoms with van der Waals surface area (Å²) in [4.78, 5) is 41.2. The second-order valence-corrected chi connectivity index (χ2v) is 9.32. The second kappa shape index (κ2) is 8.65. The van der Waals surface area contributed by atoms with Crippen LogP contribution in [0, 0.1) is 0 Å². The molecule has 0 aliphatic carbocycles. The molecule has 2 amide bonds. The van der Waals surface area contributed by atoms with E-state index in [0.29, 0.717) is 31.9 Å². The normalized spacial score (nSPS) is 19.8. The molecule has 0 saturated carbocycles. The Morgan fingerprint density at radius 2 is 1.94 bits per heavy atom. The lowest BCUT2D eigenvalue weighted by molar-refractivity contribution is -0.129. The number of nitrogens with zero attached hydrogens (tertiary/aromatic N) is 5. The molecule has 8 nitrogen and oxygen atoms in total. The Morgan fingerprint density at radius 3 is 2.73 bits per heavy atom. The van der Waals surface area contributed by atoms with Gasteiger partial charge < -0.3 is 20.0 Å². The molecule has 1 aromatic heterocycles. The van der Waals surface area contributed by atoms with E-state index in [-0.39, 0.29) is 17.9 Å². The van der Waals surface area contributed by atoms with E-state index < -0.39 is 0 Å². The third-order valence-corrected chi connectivity index (χ3v) is 7.25. The number of aryl methyl sites for hydroxylation is 1. The highest BCUT2D eigenvalue weighted by atomic mass is 16.2. The number of likely N-dealkylation sites (tertiary alicyclic amines) is 1. The molecule has 1 fully saturated rings. The van der Waals surface area contributed by atoms with Gasteiger partial charge in [-0.25, -0.2) is 9.97 Å². The molecule has 2 aromatic rings. The highest BCUT2D eigenvalue weighted by Gasteiger charge is 2.34. The van der Waals surface area contributed by atoms with Crippen molar-refractivity contribution < 1.29 is 9.59 Å². The van der Waals surface area contributed by atoms with Crippen molar-refractivity contribution in [3.05, 3.63) is 46.4 Å². The minimum absolute atomic E-state index is 0.0589. The highest BCUT2D eigenvalue weighted by Crippen LogP contribution is 2.35. The molecule has 3 aliphatic rings. The topological polar surface area (TPSA) is 81.7 Å². The molecule has 1 aromatic carbocycles. The number of fused-ring (bicyclic) bond motifs is 2. The zero-order valence-corrected chi connectivity index (χ0v) is 19.7. The summed E-state index contributed by atoms with van der Waals surface area (Å²) in [5.41, 5.74) is 5.20. The monoisotopic (exact) mass is 448 g/mol. The molecule has 5 rings (SSSR count). The van der Waals surface area contributed by atoms with Crippen LogP contribution in [0.25, 0.3) is 0 Å². The molecule has 174 valence electrons. The van der Waals surface area contributed by atoms with Gasteiger partial charge in [-0.2, -0.15) is 0 Å². The number of aromatic nitrogens is 2. The first kappa shape index (κ1) is 21.7. The second-order valence-electron chi connectivity index (χ2n) is 9.32. The molecule has 1 N–H and O–H groups in total. The lowest BCUT2D eigenvalue weighted by Crippen LogP contribution is -2.36. The summed E-state index contributed by atoms with van der Waals surface area (Å²) in [5.74, 6) is 1.59. The van der Waals surface area contributed by atoms with E-state index in [9.17, 15) is 9.59 Å². The van der Waals surface area contributed by atoms with Crippen LogP contribution in [0.15, 0.2) is 18.2 Å². The molecule has 0 unspecified atom stereocenters. The van der Waals surface area contributed by atoms with Crippen molar-refractivity contribution in [2.24, 2.45) is 0 Å². The van der Waals surface area contributed by atoms with Gasteiger partial charge in [0.1, 0.15) is 5.82 Å².